The molecule has 1 aliphatic rings. The van der Waals surface area contributed by atoms with Gasteiger partial charge in [-0.3, -0.25) is 4.99 Å². The molecule has 0 saturated carbocycles. The number of guanidine groups is 1. The van der Waals surface area contributed by atoms with Crippen molar-refractivity contribution in [3.05, 3.63) is 65.2 Å². The number of sulfonamides is 1. The van der Waals surface area contributed by atoms with Crippen molar-refractivity contribution >= 4 is 21.7 Å². The molecule has 31 heavy (non-hydrogen) atoms. The van der Waals surface area contributed by atoms with E-state index in [0.717, 1.165) is 30.2 Å². The minimum atomic E-state index is -3.26. The van der Waals surface area contributed by atoms with E-state index in [9.17, 15) is 8.42 Å². The summed E-state index contributed by atoms with van der Waals surface area (Å²) in [6.45, 7) is 4.99. The Kier molecular flexibility index (Phi) is 7.92. The van der Waals surface area contributed by atoms with E-state index in [0.29, 0.717) is 6.54 Å². The molecule has 0 spiro atoms. The van der Waals surface area contributed by atoms with Gasteiger partial charge in [-0.1, -0.05) is 36.4 Å². The standard InChI is InChI=1S/C23H33N5O2S/c1-18(21-7-6-8-22(15-21)28-13-4-5-14-28)27-23(24-2)26-16-19-9-11-20(12-10-19)17-31(29,30)25-3/h6-12,15,18,25H,4-5,13-14,16-17H2,1-3H3,(H2,24,26,27). The van der Waals surface area contributed by atoms with E-state index in [1.807, 2.05) is 24.3 Å². The number of rotatable bonds is 8. The second kappa shape index (κ2) is 10.6. The van der Waals surface area contributed by atoms with Crippen LogP contribution in [0, 0.1) is 0 Å². The molecule has 168 valence electrons. The van der Waals surface area contributed by atoms with E-state index in [1.54, 1.807) is 7.05 Å². The number of nitrogens with one attached hydrogen (secondary N) is 3. The lowest BCUT2D eigenvalue weighted by atomic mass is 10.1. The van der Waals surface area contributed by atoms with Crippen molar-refractivity contribution in [3.8, 4) is 0 Å². The fourth-order valence-corrected chi connectivity index (χ4v) is 4.46. The van der Waals surface area contributed by atoms with Gasteiger partial charge in [0.2, 0.25) is 10.0 Å². The lowest BCUT2D eigenvalue weighted by Crippen LogP contribution is -2.38. The minimum absolute atomic E-state index is 0.0194. The van der Waals surface area contributed by atoms with Gasteiger partial charge in [-0.05, 0) is 55.6 Å². The van der Waals surface area contributed by atoms with Crippen molar-refractivity contribution in [1.82, 2.24) is 15.4 Å². The highest BCUT2D eigenvalue weighted by Gasteiger charge is 2.14. The largest absolute Gasteiger partial charge is 0.372 e. The zero-order valence-corrected chi connectivity index (χ0v) is 19.4. The Hall–Kier alpha value is -2.58. The van der Waals surface area contributed by atoms with Gasteiger partial charge >= 0.3 is 0 Å². The first kappa shape index (κ1) is 23.1. The molecule has 8 heteroatoms. The van der Waals surface area contributed by atoms with Gasteiger partial charge in [-0.2, -0.15) is 0 Å². The van der Waals surface area contributed by atoms with Crippen molar-refractivity contribution in [2.75, 3.05) is 32.1 Å². The van der Waals surface area contributed by atoms with Crippen molar-refractivity contribution in [3.63, 3.8) is 0 Å². The molecule has 1 heterocycles. The van der Waals surface area contributed by atoms with Crippen LogP contribution >= 0.6 is 0 Å². The molecule has 2 aromatic carbocycles. The first-order valence-corrected chi connectivity index (χ1v) is 12.4. The van der Waals surface area contributed by atoms with Crippen LogP contribution in [0.3, 0.4) is 0 Å². The lowest BCUT2D eigenvalue weighted by Gasteiger charge is -2.22. The zero-order valence-electron chi connectivity index (χ0n) is 18.6. The summed E-state index contributed by atoms with van der Waals surface area (Å²) >= 11 is 0. The predicted octanol–water partition coefficient (Wildman–Crippen LogP) is 2.76. The third kappa shape index (κ3) is 6.70. The van der Waals surface area contributed by atoms with Gasteiger partial charge in [-0.15, -0.1) is 0 Å². The summed E-state index contributed by atoms with van der Waals surface area (Å²) in [7, 11) is -0.0766. The summed E-state index contributed by atoms with van der Waals surface area (Å²) < 4.78 is 25.7. The van der Waals surface area contributed by atoms with Gasteiger partial charge in [-0.25, -0.2) is 13.1 Å². The molecule has 3 N–H and O–H groups in total. The molecule has 0 amide bonds. The normalized spacial score (nSPS) is 15.7. The monoisotopic (exact) mass is 443 g/mol. The van der Waals surface area contributed by atoms with E-state index in [4.69, 9.17) is 0 Å². The highest BCUT2D eigenvalue weighted by Crippen LogP contribution is 2.24. The Labute approximate surface area is 186 Å². The van der Waals surface area contributed by atoms with E-state index < -0.39 is 10.0 Å². The summed E-state index contributed by atoms with van der Waals surface area (Å²) in [6.07, 6.45) is 2.53. The maximum atomic E-state index is 11.7. The topological polar surface area (TPSA) is 85.8 Å². The first-order chi connectivity index (χ1) is 14.9. The smallest absolute Gasteiger partial charge is 0.215 e. The average Bonchev–Trinajstić information content (AvgIpc) is 3.32. The molecule has 0 radical (unpaired) electrons. The number of nitrogens with zero attached hydrogens (tertiary/aromatic N) is 2. The third-order valence-corrected chi connectivity index (χ3v) is 6.90. The fraction of sp³-hybridized carbons (Fsp3) is 0.435. The van der Waals surface area contributed by atoms with Gasteiger partial charge in [0.15, 0.2) is 5.96 Å². The summed E-state index contributed by atoms with van der Waals surface area (Å²) in [5, 5.41) is 6.79. The van der Waals surface area contributed by atoms with Crippen LogP contribution in [-0.4, -0.2) is 41.6 Å². The Morgan fingerprint density at radius 3 is 2.42 bits per heavy atom. The van der Waals surface area contributed by atoms with E-state index in [2.05, 4.69) is 56.4 Å². The van der Waals surface area contributed by atoms with Crippen molar-refractivity contribution in [2.45, 2.75) is 38.1 Å². The number of aliphatic imine (C=N–C) groups is 1. The van der Waals surface area contributed by atoms with Gasteiger partial charge in [0.05, 0.1) is 11.8 Å². The maximum absolute atomic E-state index is 11.7. The molecule has 7 nitrogen and oxygen atoms in total. The fourth-order valence-electron chi connectivity index (χ4n) is 3.68. The summed E-state index contributed by atoms with van der Waals surface area (Å²) in [6, 6.07) is 16.4. The van der Waals surface area contributed by atoms with E-state index in [-0.39, 0.29) is 11.8 Å². The van der Waals surface area contributed by atoms with Gasteiger partial charge < -0.3 is 15.5 Å². The second-order valence-electron chi connectivity index (χ2n) is 7.86. The van der Waals surface area contributed by atoms with Crippen molar-refractivity contribution in [1.29, 1.82) is 0 Å². The summed E-state index contributed by atoms with van der Waals surface area (Å²) in [5.74, 6) is 0.704. The Balaban J connectivity index is 1.55. The molecule has 1 aliphatic heterocycles. The maximum Gasteiger partial charge on any atom is 0.215 e. The molecule has 3 rings (SSSR count). The first-order valence-electron chi connectivity index (χ1n) is 10.7. The molecular weight excluding hydrogens is 410 g/mol. The summed E-state index contributed by atoms with van der Waals surface area (Å²) in [4.78, 5) is 6.78. The number of benzene rings is 2. The van der Waals surface area contributed by atoms with Crippen LogP contribution in [0.1, 0.15) is 42.5 Å². The highest BCUT2D eigenvalue weighted by molar-refractivity contribution is 7.88. The second-order valence-corrected chi connectivity index (χ2v) is 9.79. The zero-order chi connectivity index (χ0) is 22.3. The van der Waals surface area contributed by atoms with Crippen LogP contribution in [0.25, 0.3) is 0 Å². The quantitative estimate of drug-likeness (QED) is 0.431. The minimum Gasteiger partial charge on any atom is -0.372 e. The number of anilines is 1. The van der Waals surface area contributed by atoms with Crippen LogP contribution < -0.4 is 20.3 Å². The predicted molar refractivity (Wildman–Crippen MR) is 128 cm³/mol. The molecule has 1 atom stereocenters. The number of hydrogen-bond acceptors (Lipinski definition) is 4. The van der Waals surface area contributed by atoms with Crippen LogP contribution in [-0.2, 0) is 22.3 Å². The highest BCUT2D eigenvalue weighted by atomic mass is 32.2. The summed E-state index contributed by atoms with van der Waals surface area (Å²) in [5.41, 5.74) is 4.32. The third-order valence-electron chi connectivity index (χ3n) is 5.57. The van der Waals surface area contributed by atoms with Crippen molar-refractivity contribution < 1.29 is 8.42 Å². The molecule has 0 bridgehead atoms. The van der Waals surface area contributed by atoms with Gasteiger partial charge in [0.1, 0.15) is 0 Å². The molecule has 1 saturated heterocycles. The van der Waals surface area contributed by atoms with Crippen LogP contribution in [0.5, 0.6) is 0 Å². The molecule has 0 aliphatic carbocycles. The van der Waals surface area contributed by atoms with Crippen LogP contribution in [0.2, 0.25) is 0 Å². The molecule has 1 fully saturated rings. The van der Waals surface area contributed by atoms with E-state index in [1.165, 1.54) is 31.1 Å². The van der Waals surface area contributed by atoms with Gasteiger partial charge in [0, 0.05) is 32.4 Å². The SMILES string of the molecule is CN=C(NCc1ccc(CS(=O)(=O)NC)cc1)NC(C)c1cccc(N2CCCC2)c1. The molecule has 1 unspecified atom stereocenters. The molecule has 0 aromatic heterocycles. The van der Waals surface area contributed by atoms with Crippen LogP contribution in [0.4, 0.5) is 5.69 Å². The lowest BCUT2D eigenvalue weighted by molar-refractivity contribution is 0.587. The van der Waals surface area contributed by atoms with Gasteiger partial charge in [0.25, 0.3) is 0 Å². The van der Waals surface area contributed by atoms with Crippen LogP contribution in [0.15, 0.2) is 53.5 Å². The average molecular weight is 444 g/mol. The Bertz CT molecular complexity index is 983. The Morgan fingerprint density at radius 1 is 1.10 bits per heavy atom. The number of hydrogen-bond donors (Lipinski definition) is 3. The Morgan fingerprint density at radius 2 is 1.77 bits per heavy atom. The van der Waals surface area contributed by atoms with Crippen molar-refractivity contribution in [2.24, 2.45) is 4.99 Å². The van der Waals surface area contributed by atoms with E-state index >= 15 is 0 Å². The molecular formula is C23H33N5O2S. The molecule has 2 aromatic rings.